The fourth-order valence-electron chi connectivity index (χ4n) is 3.68. The number of piperazine rings is 1. The monoisotopic (exact) mass is 451 g/mol. The molecule has 0 aliphatic carbocycles. The van der Waals surface area contributed by atoms with Gasteiger partial charge in [0, 0.05) is 45.1 Å². The van der Waals surface area contributed by atoms with Crippen LogP contribution in [0.2, 0.25) is 0 Å². The van der Waals surface area contributed by atoms with Gasteiger partial charge in [-0.25, -0.2) is 4.39 Å². The summed E-state index contributed by atoms with van der Waals surface area (Å²) in [6, 6.07) is 4.82. The summed E-state index contributed by atoms with van der Waals surface area (Å²) in [7, 11) is 0. The maximum Gasteiger partial charge on any atom is 0.295 e. The number of rotatable bonds is 8. The summed E-state index contributed by atoms with van der Waals surface area (Å²) in [6.45, 7) is 4.78. The molecule has 12 heteroatoms. The summed E-state index contributed by atoms with van der Waals surface area (Å²) >= 11 is 0. The lowest BCUT2D eigenvalue weighted by molar-refractivity contribution is -0.764. The number of halogens is 1. The lowest BCUT2D eigenvalue weighted by Gasteiger charge is -2.37. The average Bonchev–Trinajstić information content (AvgIpc) is 3.24. The highest BCUT2D eigenvalue weighted by atomic mass is 19.1. The minimum atomic E-state index is -1.13. The number of hydrogen-bond donors (Lipinski definition) is 1. The third-order valence-electron chi connectivity index (χ3n) is 5.38. The summed E-state index contributed by atoms with van der Waals surface area (Å²) in [5, 5.41) is 16.3. The van der Waals surface area contributed by atoms with E-state index in [4.69, 9.17) is 4.84 Å². The fourth-order valence-corrected chi connectivity index (χ4v) is 3.68. The van der Waals surface area contributed by atoms with Crippen molar-refractivity contribution >= 4 is 23.2 Å². The van der Waals surface area contributed by atoms with Crippen molar-refractivity contribution in [2.75, 3.05) is 37.6 Å². The zero-order chi connectivity index (χ0) is 23.3. The minimum absolute atomic E-state index is 0.158. The van der Waals surface area contributed by atoms with Crippen LogP contribution in [0, 0.1) is 15.9 Å². The van der Waals surface area contributed by atoms with Crippen LogP contribution < -0.4 is 10.2 Å². The molecule has 2 atom stereocenters. The normalized spacial score (nSPS) is 19.1. The van der Waals surface area contributed by atoms with Gasteiger partial charge in [0.15, 0.2) is 6.10 Å². The van der Waals surface area contributed by atoms with Crippen molar-refractivity contribution in [1.29, 1.82) is 0 Å². The molecular formula is C20H26FN5O6. The Labute approximate surface area is 184 Å². The maximum absolute atomic E-state index is 14.9. The number of oxime groups is 1. The van der Waals surface area contributed by atoms with Crippen molar-refractivity contribution < 1.29 is 28.7 Å². The largest absolute Gasteiger partial charge is 0.390 e. The minimum Gasteiger partial charge on any atom is -0.390 e. The molecule has 0 aromatic heterocycles. The van der Waals surface area contributed by atoms with E-state index < -0.39 is 22.9 Å². The van der Waals surface area contributed by atoms with Crippen molar-refractivity contribution in [3.8, 4) is 0 Å². The number of amides is 2. The number of anilines is 1. The number of carbonyl (C=O) groups excluding carboxylic acids is 2. The molecule has 1 fully saturated rings. The topological polar surface area (TPSA) is 127 Å². The molecule has 0 bridgehead atoms. The molecular weight excluding hydrogens is 425 g/mol. The third kappa shape index (κ3) is 5.62. The first kappa shape index (κ1) is 23.2. The van der Waals surface area contributed by atoms with Gasteiger partial charge in [-0.2, -0.15) is 0 Å². The van der Waals surface area contributed by atoms with Gasteiger partial charge in [0.1, 0.15) is 11.9 Å². The molecule has 0 radical (unpaired) electrons. The Morgan fingerprint density at radius 3 is 2.69 bits per heavy atom. The van der Waals surface area contributed by atoms with E-state index in [-0.39, 0.29) is 18.4 Å². The molecule has 2 aliphatic heterocycles. The molecule has 3 rings (SSSR count). The predicted molar refractivity (Wildman–Crippen MR) is 112 cm³/mol. The van der Waals surface area contributed by atoms with Crippen LogP contribution in [0.1, 0.15) is 32.3 Å². The van der Waals surface area contributed by atoms with E-state index in [0.29, 0.717) is 56.1 Å². The molecule has 1 aromatic carbocycles. The second-order valence-electron chi connectivity index (χ2n) is 7.61. The highest BCUT2D eigenvalue weighted by Crippen LogP contribution is 2.25. The first-order valence-electron chi connectivity index (χ1n) is 10.4. The van der Waals surface area contributed by atoms with Gasteiger partial charge in [0.2, 0.25) is 5.91 Å². The molecule has 0 saturated carbocycles. The van der Waals surface area contributed by atoms with E-state index in [1.807, 2.05) is 4.90 Å². The quantitative estimate of drug-likeness (QED) is 0.463. The smallest absolute Gasteiger partial charge is 0.295 e. The number of nitrogens with zero attached hydrogens (tertiary/aromatic N) is 4. The van der Waals surface area contributed by atoms with Crippen LogP contribution in [0.3, 0.4) is 0 Å². The highest BCUT2D eigenvalue weighted by Gasteiger charge is 2.30. The van der Waals surface area contributed by atoms with Crippen LogP contribution in [0.4, 0.5) is 10.1 Å². The third-order valence-corrected chi connectivity index (χ3v) is 5.38. The molecule has 2 unspecified atom stereocenters. The maximum atomic E-state index is 14.9. The molecule has 32 heavy (non-hydrogen) atoms. The fraction of sp³-hybridized carbons (Fsp3) is 0.550. The zero-order valence-corrected chi connectivity index (χ0v) is 18.0. The summed E-state index contributed by atoms with van der Waals surface area (Å²) in [4.78, 5) is 47.1. The van der Waals surface area contributed by atoms with E-state index in [2.05, 4.69) is 15.3 Å². The van der Waals surface area contributed by atoms with Crippen molar-refractivity contribution in [3.63, 3.8) is 0 Å². The van der Waals surface area contributed by atoms with Crippen LogP contribution in [0.25, 0.3) is 0 Å². The lowest BCUT2D eigenvalue weighted by Crippen LogP contribution is -2.52. The Morgan fingerprint density at radius 1 is 1.38 bits per heavy atom. The Kier molecular flexibility index (Phi) is 7.44. The second-order valence-corrected chi connectivity index (χ2v) is 7.61. The summed E-state index contributed by atoms with van der Waals surface area (Å²) in [6.07, 6.45) is -0.759. The zero-order valence-electron chi connectivity index (χ0n) is 18.0. The van der Waals surface area contributed by atoms with Crippen LogP contribution in [0.5, 0.6) is 0 Å². The molecule has 2 aliphatic rings. The van der Waals surface area contributed by atoms with Gasteiger partial charge < -0.3 is 24.8 Å². The van der Waals surface area contributed by atoms with E-state index >= 15 is 0 Å². The molecule has 1 aromatic rings. The van der Waals surface area contributed by atoms with Gasteiger partial charge in [-0.1, -0.05) is 18.1 Å². The van der Waals surface area contributed by atoms with Gasteiger partial charge in [-0.05, 0) is 18.6 Å². The van der Waals surface area contributed by atoms with Crippen molar-refractivity contribution in [1.82, 2.24) is 10.2 Å². The Hall–Kier alpha value is -3.44. The van der Waals surface area contributed by atoms with Crippen LogP contribution >= 0.6 is 0 Å². The van der Waals surface area contributed by atoms with Crippen molar-refractivity contribution in [2.24, 2.45) is 5.16 Å². The first-order valence-corrected chi connectivity index (χ1v) is 10.4. The number of nitrogens with one attached hydrogen (secondary N) is 1. The second kappa shape index (κ2) is 10.2. The SMILES string of the molecule is CCC(O[N+](=O)[O-])C(=O)N1CCN(c2ccc(C3=NOC(CNC(C)=O)C3)cc2F)CC1. The average molecular weight is 451 g/mol. The molecule has 11 nitrogen and oxygen atoms in total. The van der Waals surface area contributed by atoms with Gasteiger partial charge >= 0.3 is 0 Å². The van der Waals surface area contributed by atoms with E-state index in [9.17, 15) is 24.1 Å². The first-order chi connectivity index (χ1) is 15.3. The Balaban J connectivity index is 1.57. The van der Waals surface area contributed by atoms with Crippen LogP contribution in [-0.2, 0) is 19.3 Å². The van der Waals surface area contributed by atoms with Crippen LogP contribution in [-0.4, -0.2) is 72.4 Å². The molecule has 1 saturated heterocycles. The van der Waals surface area contributed by atoms with Gasteiger partial charge in [0.25, 0.3) is 11.0 Å². The molecule has 174 valence electrons. The summed E-state index contributed by atoms with van der Waals surface area (Å²) in [5.74, 6) is -1.01. The van der Waals surface area contributed by atoms with Gasteiger partial charge in [-0.15, -0.1) is 10.1 Å². The lowest BCUT2D eigenvalue weighted by atomic mass is 10.0. The predicted octanol–water partition coefficient (Wildman–Crippen LogP) is 1.09. The number of carbonyl (C=O) groups is 2. The molecule has 0 spiro atoms. The van der Waals surface area contributed by atoms with Crippen molar-refractivity contribution in [2.45, 2.75) is 38.9 Å². The molecule has 2 amide bonds. The number of benzene rings is 1. The van der Waals surface area contributed by atoms with E-state index in [0.717, 1.165) is 0 Å². The van der Waals surface area contributed by atoms with E-state index in [1.165, 1.54) is 17.9 Å². The highest BCUT2D eigenvalue weighted by molar-refractivity contribution is 6.01. The van der Waals surface area contributed by atoms with Crippen LogP contribution in [0.15, 0.2) is 23.4 Å². The summed E-state index contributed by atoms with van der Waals surface area (Å²) < 4.78 is 14.9. The standard InChI is InChI=1S/C20H26FN5O6/c1-3-19(32-26(29)30)20(28)25-8-6-24(7-9-25)18-5-4-14(10-16(18)21)17-11-15(31-23-17)12-22-13(2)27/h4-5,10,15,19H,3,6-9,11-12H2,1-2H3,(H,22,27). The molecule has 1 N–H and O–H groups in total. The van der Waals surface area contributed by atoms with Gasteiger partial charge in [-0.3, -0.25) is 9.59 Å². The van der Waals surface area contributed by atoms with Crippen molar-refractivity contribution in [3.05, 3.63) is 39.7 Å². The van der Waals surface area contributed by atoms with E-state index in [1.54, 1.807) is 19.1 Å². The number of hydrogen-bond acceptors (Lipinski definition) is 8. The molecule has 2 heterocycles. The summed E-state index contributed by atoms with van der Waals surface area (Å²) in [5.41, 5.74) is 1.62. The van der Waals surface area contributed by atoms with Gasteiger partial charge in [0.05, 0.1) is 17.9 Å². The Bertz CT molecular complexity index is 902. The Morgan fingerprint density at radius 2 is 2.09 bits per heavy atom.